The molecule has 0 aromatic rings. The number of nitrogens with one attached hydrogen (secondary N) is 1. The first-order chi connectivity index (χ1) is 7.16. The van der Waals surface area contributed by atoms with Gasteiger partial charge in [0.2, 0.25) is 5.91 Å². The Hall–Kier alpha value is -1.19. The molecule has 0 atom stereocenters. The topological polar surface area (TPSA) is 63.2 Å². The highest BCUT2D eigenvalue weighted by atomic mass is 16.1. The van der Waals surface area contributed by atoms with Gasteiger partial charge in [0, 0.05) is 25.8 Å². The van der Waals surface area contributed by atoms with E-state index < -0.39 is 0 Å². The summed E-state index contributed by atoms with van der Waals surface area (Å²) in [6.07, 6.45) is 4.66. The summed E-state index contributed by atoms with van der Waals surface area (Å²) in [7, 11) is 0. The molecule has 0 heterocycles. The van der Waals surface area contributed by atoms with Crippen molar-refractivity contribution in [2.24, 2.45) is 0 Å². The van der Waals surface area contributed by atoms with E-state index in [-0.39, 0.29) is 24.5 Å². The number of carbonyl (C=O) groups excluding carboxylic acids is 3. The van der Waals surface area contributed by atoms with Crippen LogP contribution in [-0.4, -0.2) is 24.5 Å². The monoisotopic (exact) mass is 213 g/mol. The highest BCUT2D eigenvalue weighted by Crippen LogP contribution is 1.99. The van der Waals surface area contributed by atoms with Crippen LogP contribution in [0, 0.1) is 0 Å². The Morgan fingerprint density at radius 1 is 1.13 bits per heavy atom. The molecular formula is C11H19NO3. The van der Waals surface area contributed by atoms with Crippen LogP contribution in [0.5, 0.6) is 0 Å². The number of rotatable bonds is 9. The average molecular weight is 213 g/mol. The molecule has 0 saturated heterocycles. The van der Waals surface area contributed by atoms with Crippen molar-refractivity contribution in [2.75, 3.05) is 6.54 Å². The summed E-state index contributed by atoms with van der Waals surface area (Å²) in [4.78, 5) is 31.6. The maximum Gasteiger partial charge on any atom is 0.220 e. The average Bonchev–Trinajstić information content (AvgIpc) is 2.19. The van der Waals surface area contributed by atoms with Crippen molar-refractivity contribution in [1.82, 2.24) is 5.32 Å². The fraction of sp³-hybridized carbons (Fsp3) is 0.727. The Morgan fingerprint density at radius 3 is 2.47 bits per heavy atom. The molecule has 15 heavy (non-hydrogen) atoms. The van der Waals surface area contributed by atoms with Gasteiger partial charge in [-0.2, -0.15) is 0 Å². The summed E-state index contributed by atoms with van der Waals surface area (Å²) in [6, 6.07) is 0. The second kappa shape index (κ2) is 9.37. The predicted molar refractivity (Wildman–Crippen MR) is 57.5 cm³/mol. The molecule has 1 N–H and O–H groups in total. The first kappa shape index (κ1) is 13.8. The van der Waals surface area contributed by atoms with Gasteiger partial charge in [-0.1, -0.05) is 6.42 Å². The van der Waals surface area contributed by atoms with Crippen LogP contribution in [-0.2, 0) is 14.4 Å². The van der Waals surface area contributed by atoms with E-state index in [1.165, 1.54) is 0 Å². The van der Waals surface area contributed by atoms with Crippen molar-refractivity contribution in [3.63, 3.8) is 0 Å². The summed E-state index contributed by atoms with van der Waals surface area (Å²) < 4.78 is 0. The number of unbranched alkanes of at least 4 members (excludes halogenated alkanes) is 2. The van der Waals surface area contributed by atoms with E-state index in [0.717, 1.165) is 25.5 Å². The molecule has 0 fully saturated rings. The SMILES string of the molecule is CC(=O)CCCCCNC(=O)CCC=O. The lowest BCUT2D eigenvalue weighted by Gasteiger charge is -2.03. The smallest absolute Gasteiger partial charge is 0.220 e. The third-order valence-corrected chi connectivity index (χ3v) is 2.02. The minimum absolute atomic E-state index is 0.0753. The lowest BCUT2D eigenvalue weighted by Crippen LogP contribution is -2.24. The number of Topliss-reactive ketones (excluding diaryl/α,β-unsaturated/α-hetero) is 1. The van der Waals surface area contributed by atoms with Crippen LogP contribution in [0.4, 0.5) is 0 Å². The predicted octanol–water partition coefficient (Wildman–Crippen LogP) is 1.23. The van der Waals surface area contributed by atoms with Gasteiger partial charge in [0.15, 0.2) is 0 Å². The molecule has 0 spiro atoms. The lowest BCUT2D eigenvalue weighted by molar-refractivity contribution is -0.122. The molecule has 0 saturated carbocycles. The standard InChI is InChI=1S/C11H19NO3/c1-10(14)6-3-2-4-8-12-11(15)7-5-9-13/h9H,2-8H2,1H3,(H,12,15). The Kier molecular flexibility index (Phi) is 8.63. The van der Waals surface area contributed by atoms with Gasteiger partial charge >= 0.3 is 0 Å². The van der Waals surface area contributed by atoms with Gasteiger partial charge < -0.3 is 14.9 Å². The van der Waals surface area contributed by atoms with Crippen molar-refractivity contribution in [3.05, 3.63) is 0 Å². The van der Waals surface area contributed by atoms with Crippen LogP contribution in [0.2, 0.25) is 0 Å². The number of hydrogen-bond acceptors (Lipinski definition) is 3. The molecule has 0 aliphatic carbocycles. The van der Waals surface area contributed by atoms with E-state index in [1.54, 1.807) is 6.92 Å². The summed E-state index contributed by atoms with van der Waals surface area (Å²) in [6.45, 7) is 2.22. The highest BCUT2D eigenvalue weighted by Gasteiger charge is 1.99. The second-order valence-corrected chi connectivity index (χ2v) is 3.57. The normalized spacial score (nSPS) is 9.67. The fourth-order valence-corrected chi connectivity index (χ4v) is 1.18. The van der Waals surface area contributed by atoms with Gasteiger partial charge in [0.1, 0.15) is 12.1 Å². The molecule has 0 aromatic carbocycles. The third kappa shape index (κ3) is 10.7. The highest BCUT2D eigenvalue weighted by molar-refractivity contribution is 5.78. The van der Waals surface area contributed by atoms with Crippen molar-refractivity contribution < 1.29 is 14.4 Å². The maximum atomic E-state index is 11.0. The van der Waals surface area contributed by atoms with Crippen molar-refractivity contribution in [3.8, 4) is 0 Å². The second-order valence-electron chi connectivity index (χ2n) is 3.57. The van der Waals surface area contributed by atoms with Crippen molar-refractivity contribution >= 4 is 18.0 Å². The number of amides is 1. The van der Waals surface area contributed by atoms with Crippen LogP contribution in [0.3, 0.4) is 0 Å². The first-order valence-electron chi connectivity index (χ1n) is 5.36. The Labute approximate surface area is 90.4 Å². The maximum absolute atomic E-state index is 11.0. The van der Waals surface area contributed by atoms with E-state index in [0.29, 0.717) is 13.0 Å². The molecule has 0 rings (SSSR count). The number of carbonyl (C=O) groups is 3. The molecule has 0 aliphatic heterocycles. The van der Waals surface area contributed by atoms with E-state index in [1.807, 2.05) is 0 Å². The summed E-state index contributed by atoms with van der Waals surface area (Å²) >= 11 is 0. The summed E-state index contributed by atoms with van der Waals surface area (Å²) in [5.74, 6) is 0.138. The van der Waals surface area contributed by atoms with E-state index in [2.05, 4.69) is 5.32 Å². The molecule has 0 radical (unpaired) electrons. The largest absolute Gasteiger partial charge is 0.356 e. The van der Waals surface area contributed by atoms with Gasteiger partial charge in [-0.3, -0.25) is 4.79 Å². The van der Waals surface area contributed by atoms with Gasteiger partial charge in [0.25, 0.3) is 0 Å². The molecule has 86 valence electrons. The quantitative estimate of drug-likeness (QED) is 0.463. The van der Waals surface area contributed by atoms with Gasteiger partial charge in [-0.15, -0.1) is 0 Å². The first-order valence-corrected chi connectivity index (χ1v) is 5.36. The zero-order valence-electron chi connectivity index (χ0n) is 9.25. The van der Waals surface area contributed by atoms with Crippen molar-refractivity contribution in [2.45, 2.75) is 45.4 Å². The van der Waals surface area contributed by atoms with Crippen LogP contribution < -0.4 is 5.32 Å². The minimum Gasteiger partial charge on any atom is -0.356 e. The van der Waals surface area contributed by atoms with Crippen LogP contribution >= 0.6 is 0 Å². The molecular weight excluding hydrogens is 194 g/mol. The third-order valence-electron chi connectivity index (χ3n) is 2.02. The Bertz CT molecular complexity index is 214. The van der Waals surface area contributed by atoms with E-state index >= 15 is 0 Å². The number of ketones is 1. The zero-order valence-corrected chi connectivity index (χ0v) is 9.25. The molecule has 4 nitrogen and oxygen atoms in total. The minimum atomic E-state index is -0.0753. The Morgan fingerprint density at radius 2 is 1.87 bits per heavy atom. The lowest BCUT2D eigenvalue weighted by atomic mass is 10.1. The van der Waals surface area contributed by atoms with Crippen LogP contribution in [0.1, 0.15) is 45.4 Å². The van der Waals surface area contributed by atoms with Gasteiger partial charge in [-0.25, -0.2) is 0 Å². The van der Waals surface area contributed by atoms with E-state index in [9.17, 15) is 14.4 Å². The van der Waals surface area contributed by atoms with Crippen molar-refractivity contribution in [1.29, 1.82) is 0 Å². The zero-order chi connectivity index (χ0) is 11.5. The molecule has 0 unspecified atom stereocenters. The molecule has 0 aromatic heterocycles. The van der Waals surface area contributed by atoms with Gasteiger partial charge in [0.05, 0.1) is 0 Å². The molecule has 1 amide bonds. The van der Waals surface area contributed by atoms with Gasteiger partial charge in [-0.05, 0) is 19.8 Å². The molecule has 4 heteroatoms. The number of hydrogen-bond donors (Lipinski definition) is 1. The molecule has 0 aliphatic rings. The van der Waals surface area contributed by atoms with Crippen LogP contribution in [0.15, 0.2) is 0 Å². The fourth-order valence-electron chi connectivity index (χ4n) is 1.18. The molecule has 0 bridgehead atoms. The summed E-state index contributed by atoms with van der Waals surface area (Å²) in [5.41, 5.74) is 0. The Balaban J connectivity index is 3.19. The summed E-state index contributed by atoms with van der Waals surface area (Å²) in [5, 5.41) is 2.72. The van der Waals surface area contributed by atoms with Crippen LogP contribution in [0.25, 0.3) is 0 Å². The van der Waals surface area contributed by atoms with E-state index in [4.69, 9.17) is 0 Å². The number of aldehydes is 1.